The molecular weight excluding hydrogens is 683 g/mol. The first-order valence-electron chi connectivity index (χ1n) is 16.9. The number of aromatic nitrogens is 3. The first kappa shape index (κ1) is 37.7. The SMILES string of the molecule is CC(C)Oc1cc2nc(C3CCN(CCc4ccc(NC5CCC(=O)NC5=O)cc4)CC3)cn2cc1NC(=O)c1cccc(C(F)(F)F)n1.O=CO. The fourth-order valence-corrected chi connectivity index (χ4v) is 6.12. The number of nitrogens with zero attached hydrogens (tertiary/aromatic N) is 4. The molecule has 4 N–H and O–H groups in total. The fraction of sp³-hybridized carbons (Fsp3) is 0.389. The van der Waals surface area contributed by atoms with Gasteiger partial charge in [0, 0.05) is 43.0 Å². The quantitative estimate of drug-likeness (QED) is 0.127. The van der Waals surface area contributed by atoms with Crippen molar-refractivity contribution >= 4 is 41.2 Å². The number of alkyl halides is 3. The zero-order valence-electron chi connectivity index (χ0n) is 28.7. The van der Waals surface area contributed by atoms with Gasteiger partial charge in [-0.1, -0.05) is 18.2 Å². The maximum Gasteiger partial charge on any atom is 0.433 e. The lowest BCUT2D eigenvalue weighted by atomic mass is 9.94. The van der Waals surface area contributed by atoms with Crippen molar-refractivity contribution in [2.75, 3.05) is 30.3 Å². The van der Waals surface area contributed by atoms with Crippen LogP contribution >= 0.6 is 0 Å². The predicted octanol–water partition coefficient (Wildman–Crippen LogP) is 5.13. The van der Waals surface area contributed by atoms with Gasteiger partial charge < -0.3 is 29.8 Å². The van der Waals surface area contributed by atoms with Crippen molar-refractivity contribution in [3.63, 3.8) is 0 Å². The third-order valence-corrected chi connectivity index (χ3v) is 8.71. The summed E-state index contributed by atoms with van der Waals surface area (Å²) in [6.07, 6.45) is 2.25. The molecule has 5 heterocycles. The molecule has 2 aliphatic heterocycles. The molecular formula is C36H40F3N7O6. The lowest BCUT2D eigenvalue weighted by molar-refractivity contribution is -0.141. The number of hydrogen-bond donors (Lipinski definition) is 4. The van der Waals surface area contributed by atoms with E-state index in [1.165, 1.54) is 11.6 Å². The molecule has 0 aliphatic carbocycles. The second-order valence-electron chi connectivity index (χ2n) is 12.8. The highest BCUT2D eigenvalue weighted by molar-refractivity contribution is 6.04. The number of hydrogen-bond acceptors (Lipinski definition) is 9. The molecule has 1 unspecified atom stereocenters. The highest BCUT2D eigenvalue weighted by Crippen LogP contribution is 2.32. The van der Waals surface area contributed by atoms with Crippen LogP contribution in [0.4, 0.5) is 24.5 Å². The van der Waals surface area contributed by atoms with E-state index in [0.29, 0.717) is 29.9 Å². The number of carbonyl (C=O) groups is 4. The molecule has 1 atom stereocenters. The number of ether oxygens (including phenoxy) is 1. The molecule has 2 saturated heterocycles. The normalized spacial score (nSPS) is 16.9. The zero-order valence-corrected chi connectivity index (χ0v) is 28.7. The van der Waals surface area contributed by atoms with Crippen LogP contribution in [0.5, 0.6) is 5.75 Å². The Morgan fingerprint density at radius 2 is 1.79 bits per heavy atom. The van der Waals surface area contributed by atoms with Gasteiger partial charge in [-0.25, -0.2) is 9.97 Å². The van der Waals surface area contributed by atoms with E-state index in [0.717, 1.165) is 62.4 Å². The van der Waals surface area contributed by atoms with Crippen LogP contribution in [0.2, 0.25) is 0 Å². The number of fused-ring (bicyclic) bond motifs is 1. The van der Waals surface area contributed by atoms with Gasteiger partial charge in [-0.2, -0.15) is 13.2 Å². The summed E-state index contributed by atoms with van der Waals surface area (Å²) < 4.78 is 47.3. The Morgan fingerprint density at radius 1 is 1.08 bits per heavy atom. The predicted molar refractivity (Wildman–Crippen MR) is 185 cm³/mol. The van der Waals surface area contributed by atoms with Crippen molar-refractivity contribution in [3.05, 3.63) is 83.6 Å². The Bertz CT molecular complexity index is 1890. The van der Waals surface area contributed by atoms with Crippen LogP contribution in [0.25, 0.3) is 5.65 Å². The van der Waals surface area contributed by atoms with E-state index in [1.54, 1.807) is 16.7 Å². The van der Waals surface area contributed by atoms with Gasteiger partial charge in [0.05, 0.1) is 11.8 Å². The minimum Gasteiger partial charge on any atom is -0.489 e. The highest BCUT2D eigenvalue weighted by atomic mass is 19.4. The molecule has 2 fully saturated rings. The molecule has 0 saturated carbocycles. The fourth-order valence-electron chi connectivity index (χ4n) is 6.12. The molecule has 2 aliphatic rings. The number of halogens is 3. The van der Waals surface area contributed by atoms with Crippen LogP contribution < -0.4 is 20.7 Å². The number of imidazole rings is 1. The first-order valence-corrected chi connectivity index (χ1v) is 16.9. The molecule has 13 nitrogen and oxygen atoms in total. The Kier molecular flexibility index (Phi) is 12.1. The van der Waals surface area contributed by atoms with E-state index in [1.807, 2.05) is 32.2 Å². The van der Waals surface area contributed by atoms with Gasteiger partial charge in [0.25, 0.3) is 12.4 Å². The first-order chi connectivity index (χ1) is 24.8. The van der Waals surface area contributed by atoms with Crippen LogP contribution in [0.1, 0.15) is 72.9 Å². The summed E-state index contributed by atoms with van der Waals surface area (Å²) in [5.41, 5.74) is 2.40. The highest BCUT2D eigenvalue weighted by Gasteiger charge is 2.33. The van der Waals surface area contributed by atoms with Crippen molar-refractivity contribution in [1.29, 1.82) is 0 Å². The summed E-state index contributed by atoms with van der Waals surface area (Å²) in [4.78, 5) is 55.5. The van der Waals surface area contributed by atoms with Crippen LogP contribution in [0, 0.1) is 0 Å². The molecule has 4 aromatic rings. The van der Waals surface area contributed by atoms with Crippen molar-refractivity contribution in [2.45, 2.75) is 70.2 Å². The molecule has 3 amide bonds. The smallest absolute Gasteiger partial charge is 0.433 e. The van der Waals surface area contributed by atoms with Gasteiger partial charge >= 0.3 is 6.18 Å². The van der Waals surface area contributed by atoms with E-state index in [9.17, 15) is 27.6 Å². The number of carbonyl (C=O) groups excluding carboxylic acids is 3. The second-order valence-corrected chi connectivity index (χ2v) is 12.8. The van der Waals surface area contributed by atoms with Crippen molar-refractivity contribution in [1.82, 2.24) is 24.6 Å². The summed E-state index contributed by atoms with van der Waals surface area (Å²) in [5.74, 6) is -0.708. The molecule has 16 heteroatoms. The second kappa shape index (κ2) is 16.7. The average molecular weight is 724 g/mol. The summed E-state index contributed by atoms with van der Waals surface area (Å²) in [6, 6.07) is 12.5. The summed E-state index contributed by atoms with van der Waals surface area (Å²) in [5, 5.41) is 15.1. The number of pyridine rings is 2. The van der Waals surface area contributed by atoms with E-state index >= 15 is 0 Å². The molecule has 0 radical (unpaired) electrons. The monoisotopic (exact) mass is 723 g/mol. The van der Waals surface area contributed by atoms with Gasteiger partial charge in [-0.3, -0.25) is 24.5 Å². The average Bonchev–Trinajstić information content (AvgIpc) is 3.52. The maximum atomic E-state index is 13.2. The lowest BCUT2D eigenvalue weighted by Crippen LogP contribution is -2.47. The van der Waals surface area contributed by atoms with Crippen LogP contribution in [0.3, 0.4) is 0 Å². The van der Waals surface area contributed by atoms with Crippen molar-refractivity contribution < 1.29 is 42.2 Å². The molecule has 52 heavy (non-hydrogen) atoms. The van der Waals surface area contributed by atoms with Crippen LogP contribution in [-0.2, 0) is 27.0 Å². The zero-order chi connectivity index (χ0) is 37.4. The van der Waals surface area contributed by atoms with Crippen LogP contribution in [0.15, 0.2) is 60.9 Å². The Balaban J connectivity index is 0.00000168. The molecule has 1 aromatic carbocycles. The number of carboxylic acid groups (broad SMARTS) is 1. The summed E-state index contributed by atoms with van der Waals surface area (Å²) >= 11 is 0. The van der Waals surface area contributed by atoms with Gasteiger partial charge in [0.15, 0.2) is 0 Å². The number of rotatable bonds is 10. The standard InChI is InChI=1S/C35H38F3N7O4.CH2O2/c1-21(2)49-29-18-31-41-27(19-45(31)20-28(29)42-33(47)25-4-3-5-30(40-25)35(36,37)38)23-13-16-44(17-14-23)15-12-22-6-8-24(9-7-22)39-26-10-11-32(46)43-34(26)48;2-1-3/h3-9,18-21,23,26,39H,10-17H2,1-2H3,(H,42,47)(H,43,46,48);1H,(H,2,3). The number of nitrogens with one attached hydrogen (secondary N) is 3. The topological polar surface area (TPSA) is 167 Å². The minimum absolute atomic E-state index is 0.226. The Labute approximate surface area is 297 Å². The largest absolute Gasteiger partial charge is 0.489 e. The van der Waals surface area contributed by atoms with Gasteiger partial charge in [-0.05, 0) is 82.4 Å². The number of imide groups is 1. The summed E-state index contributed by atoms with van der Waals surface area (Å²) in [7, 11) is 0. The summed E-state index contributed by atoms with van der Waals surface area (Å²) in [6.45, 7) is 6.18. The maximum absolute atomic E-state index is 13.2. The third-order valence-electron chi connectivity index (χ3n) is 8.71. The van der Waals surface area contributed by atoms with Gasteiger partial charge in [0.1, 0.15) is 34.5 Å². The van der Waals surface area contributed by atoms with Crippen LogP contribution in [-0.4, -0.2) is 80.3 Å². The lowest BCUT2D eigenvalue weighted by Gasteiger charge is -2.31. The molecule has 6 rings (SSSR count). The number of benzene rings is 1. The number of amides is 3. The minimum atomic E-state index is -4.67. The van der Waals surface area contributed by atoms with E-state index in [2.05, 4.69) is 38.0 Å². The molecule has 0 bridgehead atoms. The van der Waals surface area contributed by atoms with E-state index in [-0.39, 0.29) is 36.0 Å². The van der Waals surface area contributed by atoms with Gasteiger partial charge in [-0.15, -0.1) is 0 Å². The molecule has 3 aromatic heterocycles. The molecule has 0 spiro atoms. The van der Waals surface area contributed by atoms with Crippen molar-refractivity contribution in [2.24, 2.45) is 0 Å². The van der Waals surface area contributed by atoms with Crippen molar-refractivity contribution in [3.8, 4) is 5.75 Å². The van der Waals surface area contributed by atoms with E-state index < -0.39 is 23.8 Å². The van der Waals surface area contributed by atoms with Gasteiger partial charge in [0.2, 0.25) is 11.8 Å². The number of anilines is 2. The number of piperidine rings is 2. The van der Waals surface area contributed by atoms with E-state index in [4.69, 9.17) is 19.6 Å². The Hall–Kier alpha value is -5.51. The molecule has 276 valence electrons. The third kappa shape index (κ3) is 9.84. The number of likely N-dealkylation sites (tertiary alicyclic amines) is 1. The Morgan fingerprint density at radius 3 is 2.44 bits per heavy atom.